The number of benzene rings is 2. The Balaban J connectivity index is 1.53. The number of nitrogens with zero attached hydrogens (tertiary/aromatic N) is 1. The van der Waals surface area contributed by atoms with Crippen LogP contribution in [-0.2, 0) is 0 Å². The molecule has 2 aromatic carbocycles. The van der Waals surface area contributed by atoms with Crippen molar-refractivity contribution in [2.75, 3.05) is 18.1 Å². The highest BCUT2D eigenvalue weighted by molar-refractivity contribution is 9.10. The zero-order valence-corrected chi connectivity index (χ0v) is 13.5. The van der Waals surface area contributed by atoms with Gasteiger partial charge in [-0.2, -0.15) is 0 Å². The van der Waals surface area contributed by atoms with Crippen molar-refractivity contribution < 1.29 is 9.15 Å². The molecule has 0 radical (unpaired) electrons. The average molecular weight is 365 g/mol. The first-order valence-corrected chi connectivity index (χ1v) is 8.16. The van der Waals surface area contributed by atoms with Gasteiger partial charge < -0.3 is 14.9 Å². The van der Waals surface area contributed by atoms with Crippen LogP contribution in [-0.4, -0.2) is 17.3 Å². The van der Waals surface area contributed by atoms with E-state index in [1.54, 1.807) is 12.1 Å². The molecule has 0 saturated carbocycles. The van der Waals surface area contributed by atoms with Gasteiger partial charge in [0.2, 0.25) is 0 Å². The number of halogens is 1. The SMILES string of the molecule is Nc1ccc2oc(SCCOc3ccc(Br)cc3)nc2c1. The van der Waals surface area contributed by atoms with Crippen LogP contribution in [0.15, 0.2) is 56.6 Å². The Kier molecular flexibility index (Phi) is 4.36. The Morgan fingerprint density at radius 2 is 2.00 bits per heavy atom. The van der Waals surface area contributed by atoms with E-state index in [-0.39, 0.29) is 0 Å². The molecule has 108 valence electrons. The van der Waals surface area contributed by atoms with Crippen molar-refractivity contribution >= 4 is 44.5 Å². The first kappa shape index (κ1) is 14.3. The summed E-state index contributed by atoms with van der Waals surface area (Å²) in [7, 11) is 0. The van der Waals surface area contributed by atoms with Crippen molar-refractivity contribution in [2.45, 2.75) is 5.22 Å². The van der Waals surface area contributed by atoms with Crippen LogP contribution < -0.4 is 10.5 Å². The van der Waals surface area contributed by atoms with E-state index in [0.29, 0.717) is 17.5 Å². The predicted molar refractivity (Wildman–Crippen MR) is 88.8 cm³/mol. The van der Waals surface area contributed by atoms with Crippen LogP contribution in [0.1, 0.15) is 0 Å². The van der Waals surface area contributed by atoms with Crippen LogP contribution in [0.25, 0.3) is 11.1 Å². The van der Waals surface area contributed by atoms with Crippen molar-refractivity contribution in [2.24, 2.45) is 0 Å². The average Bonchev–Trinajstić information content (AvgIpc) is 2.87. The molecule has 0 spiro atoms. The number of thioether (sulfide) groups is 1. The zero-order chi connectivity index (χ0) is 14.7. The lowest BCUT2D eigenvalue weighted by Crippen LogP contribution is -1.99. The van der Waals surface area contributed by atoms with Crippen LogP contribution in [0.4, 0.5) is 5.69 Å². The van der Waals surface area contributed by atoms with Crippen LogP contribution >= 0.6 is 27.7 Å². The fourth-order valence-electron chi connectivity index (χ4n) is 1.80. The molecule has 0 atom stereocenters. The molecule has 2 N–H and O–H groups in total. The Bertz CT molecular complexity index is 743. The van der Waals surface area contributed by atoms with Gasteiger partial charge in [-0.25, -0.2) is 4.98 Å². The summed E-state index contributed by atoms with van der Waals surface area (Å²) in [6.07, 6.45) is 0. The normalized spacial score (nSPS) is 10.9. The number of anilines is 1. The minimum absolute atomic E-state index is 0.590. The second-order valence-electron chi connectivity index (χ2n) is 4.36. The van der Waals surface area contributed by atoms with Gasteiger partial charge in [-0.3, -0.25) is 0 Å². The summed E-state index contributed by atoms with van der Waals surface area (Å²) in [6.45, 7) is 0.590. The first-order chi connectivity index (χ1) is 10.2. The van der Waals surface area contributed by atoms with Gasteiger partial charge in [0.1, 0.15) is 11.3 Å². The Morgan fingerprint density at radius 1 is 1.19 bits per heavy atom. The number of ether oxygens (including phenoxy) is 1. The molecule has 0 unspecified atom stereocenters. The minimum Gasteiger partial charge on any atom is -0.493 e. The Morgan fingerprint density at radius 3 is 2.81 bits per heavy atom. The zero-order valence-electron chi connectivity index (χ0n) is 11.1. The van der Waals surface area contributed by atoms with E-state index in [1.165, 1.54) is 11.8 Å². The molecule has 0 amide bonds. The molecule has 0 bridgehead atoms. The number of fused-ring (bicyclic) bond motifs is 1. The van der Waals surface area contributed by atoms with E-state index in [2.05, 4.69) is 20.9 Å². The van der Waals surface area contributed by atoms with Crippen molar-refractivity contribution in [1.82, 2.24) is 4.98 Å². The van der Waals surface area contributed by atoms with E-state index in [4.69, 9.17) is 14.9 Å². The highest BCUT2D eigenvalue weighted by Crippen LogP contribution is 2.25. The first-order valence-electron chi connectivity index (χ1n) is 6.38. The Hall–Kier alpha value is -1.66. The quantitative estimate of drug-likeness (QED) is 0.414. The summed E-state index contributed by atoms with van der Waals surface area (Å²) < 4.78 is 12.3. The van der Waals surface area contributed by atoms with Gasteiger partial charge in [0, 0.05) is 15.9 Å². The van der Waals surface area contributed by atoms with Crippen molar-refractivity contribution in [3.63, 3.8) is 0 Å². The third kappa shape index (κ3) is 3.71. The molecular formula is C15H13BrN2O2S. The molecule has 0 fully saturated rings. The van der Waals surface area contributed by atoms with Crippen molar-refractivity contribution in [1.29, 1.82) is 0 Å². The molecule has 0 aliphatic carbocycles. The molecule has 3 aromatic rings. The lowest BCUT2D eigenvalue weighted by molar-refractivity contribution is 0.343. The predicted octanol–water partition coefficient (Wildman–Crippen LogP) is 4.34. The number of aromatic nitrogens is 1. The fraction of sp³-hybridized carbons (Fsp3) is 0.133. The highest BCUT2D eigenvalue weighted by Gasteiger charge is 2.06. The number of hydrogen-bond donors (Lipinski definition) is 1. The van der Waals surface area contributed by atoms with E-state index in [0.717, 1.165) is 27.1 Å². The monoisotopic (exact) mass is 364 g/mol. The van der Waals surface area contributed by atoms with Gasteiger partial charge in [-0.15, -0.1) is 0 Å². The molecule has 0 aliphatic rings. The molecule has 0 aliphatic heterocycles. The van der Waals surface area contributed by atoms with E-state index >= 15 is 0 Å². The molecule has 4 nitrogen and oxygen atoms in total. The van der Waals surface area contributed by atoms with Gasteiger partial charge in [0.05, 0.1) is 6.61 Å². The van der Waals surface area contributed by atoms with Crippen LogP contribution in [0, 0.1) is 0 Å². The molecular weight excluding hydrogens is 352 g/mol. The van der Waals surface area contributed by atoms with Gasteiger partial charge in [0.25, 0.3) is 5.22 Å². The van der Waals surface area contributed by atoms with Gasteiger partial charge in [-0.1, -0.05) is 27.7 Å². The van der Waals surface area contributed by atoms with Gasteiger partial charge in [0.15, 0.2) is 5.58 Å². The number of hydrogen-bond acceptors (Lipinski definition) is 5. The summed E-state index contributed by atoms with van der Waals surface area (Å²) in [5.74, 6) is 1.61. The number of rotatable bonds is 5. The summed E-state index contributed by atoms with van der Waals surface area (Å²) in [5, 5.41) is 0.634. The standard InChI is InChI=1S/C15H13BrN2O2S/c16-10-1-4-12(5-2-10)19-7-8-21-15-18-13-9-11(17)3-6-14(13)20-15/h1-6,9H,7-8,17H2. The van der Waals surface area contributed by atoms with E-state index in [1.807, 2.05) is 30.3 Å². The summed E-state index contributed by atoms with van der Waals surface area (Å²) in [6, 6.07) is 13.2. The Labute approximate surface area is 134 Å². The summed E-state index contributed by atoms with van der Waals surface area (Å²) in [4.78, 5) is 4.38. The second kappa shape index (κ2) is 6.41. The van der Waals surface area contributed by atoms with Crippen LogP contribution in [0.5, 0.6) is 5.75 Å². The minimum atomic E-state index is 0.590. The molecule has 3 rings (SSSR count). The highest BCUT2D eigenvalue weighted by atomic mass is 79.9. The van der Waals surface area contributed by atoms with Crippen LogP contribution in [0.2, 0.25) is 0 Å². The van der Waals surface area contributed by atoms with E-state index < -0.39 is 0 Å². The lowest BCUT2D eigenvalue weighted by atomic mass is 10.3. The number of nitrogen functional groups attached to an aromatic ring is 1. The topological polar surface area (TPSA) is 61.3 Å². The molecule has 1 aromatic heterocycles. The third-order valence-electron chi connectivity index (χ3n) is 2.78. The smallest absolute Gasteiger partial charge is 0.256 e. The number of nitrogens with two attached hydrogens (primary N) is 1. The maximum Gasteiger partial charge on any atom is 0.256 e. The molecule has 1 heterocycles. The van der Waals surface area contributed by atoms with Crippen molar-refractivity contribution in [3.8, 4) is 5.75 Å². The maximum atomic E-state index is 5.72. The van der Waals surface area contributed by atoms with E-state index in [9.17, 15) is 0 Å². The largest absolute Gasteiger partial charge is 0.493 e. The molecule has 21 heavy (non-hydrogen) atoms. The van der Waals surface area contributed by atoms with Gasteiger partial charge >= 0.3 is 0 Å². The lowest BCUT2D eigenvalue weighted by Gasteiger charge is -2.04. The van der Waals surface area contributed by atoms with Gasteiger partial charge in [-0.05, 0) is 42.5 Å². The van der Waals surface area contributed by atoms with Crippen LogP contribution in [0.3, 0.4) is 0 Å². The molecule has 6 heteroatoms. The molecule has 0 saturated heterocycles. The van der Waals surface area contributed by atoms with Crippen molar-refractivity contribution in [3.05, 3.63) is 46.9 Å². The summed E-state index contributed by atoms with van der Waals surface area (Å²) >= 11 is 4.91. The third-order valence-corrected chi connectivity index (χ3v) is 4.10. The number of oxazole rings is 1. The fourth-order valence-corrected chi connectivity index (χ4v) is 2.72. The maximum absolute atomic E-state index is 5.72. The summed E-state index contributed by atoms with van der Waals surface area (Å²) in [5.41, 5.74) is 7.94. The second-order valence-corrected chi connectivity index (χ2v) is 6.32.